The monoisotopic (exact) mass is 277 g/mol. The second kappa shape index (κ2) is 4.01. The zero-order valence-electron chi connectivity index (χ0n) is 11.2. The predicted octanol–water partition coefficient (Wildman–Crippen LogP) is 4.24. The Hall–Kier alpha value is -1.48. The van der Waals surface area contributed by atoms with Gasteiger partial charge in [-0.3, -0.25) is 4.90 Å². The Balaban J connectivity index is 1.91. The van der Waals surface area contributed by atoms with E-state index < -0.39 is 5.60 Å². The third-order valence-corrected chi connectivity index (χ3v) is 3.60. The number of carbonyl (C=O) groups excluding carboxylic acids is 1. The van der Waals surface area contributed by atoms with Crippen molar-refractivity contribution < 1.29 is 9.53 Å². The maximum Gasteiger partial charge on any atom is 0.411 e. The molecule has 0 aromatic heterocycles. The minimum Gasteiger partial charge on any atom is -0.444 e. The lowest BCUT2D eigenvalue weighted by molar-refractivity contribution is 0.0196. The number of amides is 1. The van der Waals surface area contributed by atoms with Crippen LogP contribution in [0.4, 0.5) is 4.79 Å². The quantitative estimate of drug-likeness (QED) is 0.664. The van der Waals surface area contributed by atoms with Gasteiger partial charge < -0.3 is 4.74 Å². The highest BCUT2D eigenvalue weighted by molar-refractivity contribution is 6.30. The van der Waals surface area contributed by atoms with Crippen LogP contribution in [0.25, 0.3) is 0 Å². The molecular formula is C15H16ClNO2. The van der Waals surface area contributed by atoms with E-state index >= 15 is 0 Å². The highest BCUT2D eigenvalue weighted by Crippen LogP contribution is 2.49. The van der Waals surface area contributed by atoms with E-state index in [4.69, 9.17) is 16.3 Å². The molecule has 3 rings (SSSR count). The van der Waals surface area contributed by atoms with E-state index in [1.54, 1.807) is 4.90 Å². The summed E-state index contributed by atoms with van der Waals surface area (Å²) < 4.78 is 5.48. The third kappa shape index (κ3) is 2.02. The van der Waals surface area contributed by atoms with Gasteiger partial charge in [0.15, 0.2) is 0 Å². The van der Waals surface area contributed by atoms with E-state index in [0.29, 0.717) is 5.02 Å². The molecule has 2 unspecified atom stereocenters. The van der Waals surface area contributed by atoms with Crippen LogP contribution in [-0.2, 0) is 4.74 Å². The van der Waals surface area contributed by atoms with Gasteiger partial charge in [-0.2, -0.15) is 0 Å². The first kappa shape index (κ1) is 12.5. The molecule has 0 spiro atoms. The van der Waals surface area contributed by atoms with E-state index in [1.165, 1.54) is 0 Å². The van der Waals surface area contributed by atoms with Crippen molar-refractivity contribution in [3.8, 4) is 0 Å². The van der Waals surface area contributed by atoms with E-state index in [0.717, 1.165) is 11.1 Å². The van der Waals surface area contributed by atoms with Crippen LogP contribution in [0.1, 0.15) is 44.0 Å². The van der Waals surface area contributed by atoms with Crippen molar-refractivity contribution >= 4 is 17.7 Å². The summed E-state index contributed by atoms with van der Waals surface area (Å²) in [6, 6.07) is 5.72. The molecule has 0 saturated carbocycles. The van der Waals surface area contributed by atoms with Gasteiger partial charge in [-0.15, -0.1) is 0 Å². The summed E-state index contributed by atoms with van der Waals surface area (Å²) in [7, 11) is 0. The van der Waals surface area contributed by atoms with Gasteiger partial charge in [-0.25, -0.2) is 4.79 Å². The number of fused-ring (bicyclic) bond motifs is 5. The largest absolute Gasteiger partial charge is 0.444 e. The Kier molecular flexibility index (Phi) is 2.65. The van der Waals surface area contributed by atoms with Crippen LogP contribution in [0, 0.1) is 0 Å². The molecule has 100 valence electrons. The topological polar surface area (TPSA) is 29.5 Å². The molecule has 2 bridgehead atoms. The molecule has 3 nitrogen and oxygen atoms in total. The number of hydrogen-bond acceptors (Lipinski definition) is 2. The molecular weight excluding hydrogens is 262 g/mol. The van der Waals surface area contributed by atoms with Crippen LogP contribution in [-0.4, -0.2) is 16.6 Å². The Bertz CT molecular complexity index is 574. The van der Waals surface area contributed by atoms with Crippen LogP contribution in [0.15, 0.2) is 30.4 Å². The molecule has 2 heterocycles. The average Bonchev–Trinajstić information content (AvgIpc) is 2.82. The van der Waals surface area contributed by atoms with Crippen molar-refractivity contribution in [3.05, 3.63) is 46.5 Å². The summed E-state index contributed by atoms with van der Waals surface area (Å²) in [5.74, 6) is 0. The van der Waals surface area contributed by atoms with E-state index in [1.807, 2.05) is 51.1 Å². The Morgan fingerprint density at radius 3 is 2.47 bits per heavy atom. The molecule has 1 aromatic carbocycles. The molecule has 2 aliphatic heterocycles. The van der Waals surface area contributed by atoms with Crippen molar-refractivity contribution in [3.63, 3.8) is 0 Å². The summed E-state index contributed by atoms with van der Waals surface area (Å²) >= 11 is 6.04. The number of halogens is 1. The first-order chi connectivity index (χ1) is 8.87. The molecule has 0 N–H and O–H groups in total. The minimum atomic E-state index is -0.483. The van der Waals surface area contributed by atoms with E-state index in [2.05, 4.69) is 0 Å². The molecule has 4 heteroatoms. The average molecular weight is 278 g/mol. The van der Waals surface area contributed by atoms with E-state index in [9.17, 15) is 4.79 Å². The van der Waals surface area contributed by atoms with Gasteiger partial charge >= 0.3 is 6.09 Å². The molecule has 1 aromatic rings. The zero-order valence-corrected chi connectivity index (χ0v) is 11.9. The van der Waals surface area contributed by atoms with Gasteiger partial charge in [0.05, 0.1) is 12.1 Å². The lowest BCUT2D eigenvalue weighted by Gasteiger charge is -2.27. The van der Waals surface area contributed by atoms with Crippen LogP contribution in [0.2, 0.25) is 5.02 Å². The second-order valence-electron chi connectivity index (χ2n) is 5.94. The first-order valence-electron chi connectivity index (χ1n) is 6.36. The SMILES string of the molecule is CC(C)(C)OC(=O)N1C2C=CC1c1cc(Cl)ccc12. The molecule has 1 amide bonds. The smallest absolute Gasteiger partial charge is 0.411 e. The number of ether oxygens (including phenoxy) is 1. The molecule has 19 heavy (non-hydrogen) atoms. The fraction of sp³-hybridized carbons (Fsp3) is 0.400. The van der Waals surface area contributed by atoms with Crippen LogP contribution in [0.3, 0.4) is 0 Å². The molecule has 0 saturated heterocycles. The number of benzene rings is 1. The summed E-state index contributed by atoms with van der Waals surface area (Å²) in [6.45, 7) is 5.63. The van der Waals surface area contributed by atoms with Crippen molar-refractivity contribution in [2.24, 2.45) is 0 Å². The number of rotatable bonds is 0. The first-order valence-corrected chi connectivity index (χ1v) is 6.73. The van der Waals surface area contributed by atoms with Crippen LogP contribution < -0.4 is 0 Å². The summed E-state index contributed by atoms with van der Waals surface area (Å²) in [5, 5.41) is 0.698. The molecule has 0 aliphatic carbocycles. The third-order valence-electron chi connectivity index (χ3n) is 3.37. The highest BCUT2D eigenvalue weighted by atomic mass is 35.5. The predicted molar refractivity (Wildman–Crippen MR) is 74.1 cm³/mol. The number of hydrogen-bond donors (Lipinski definition) is 0. The molecule has 2 aliphatic rings. The van der Waals surface area contributed by atoms with Crippen LogP contribution >= 0.6 is 11.6 Å². The summed E-state index contributed by atoms with van der Waals surface area (Å²) in [5.41, 5.74) is 1.76. The van der Waals surface area contributed by atoms with Gasteiger partial charge in [0.2, 0.25) is 0 Å². The van der Waals surface area contributed by atoms with Crippen molar-refractivity contribution in [1.29, 1.82) is 0 Å². The lowest BCUT2D eigenvalue weighted by Crippen LogP contribution is -2.35. The molecule has 2 atom stereocenters. The van der Waals surface area contributed by atoms with Crippen LogP contribution in [0.5, 0.6) is 0 Å². The van der Waals surface area contributed by atoms with E-state index in [-0.39, 0.29) is 18.2 Å². The van der Waals surface area contributed by atoms with Crippen molar-refractivity contribution in [2.45, 2.75) is 38.5 Å². The number of carbonyl (C=O) groups is 1. The Morgan fingerprint density at radius 2 is 1.84 bits per heavy atom. The lowest BCUT2D eigenvalue weighted by atomic mass is 9.97. The standard InChI is InChI=1S/C15H16ClNO2/c1-15(2,3)19-14(18)17-12-6-7-13(17)11-8-9(16)4-5-10(11)12/h4-8,12-13H,1-3H3. The normalized spacial score (nSPS) is 23.7. The minimum absolute atomic E-state index is 0.0212. The molecule has 0 radical (unpaired) electrons. The number of nitrogens with zero attached hydrogens (tertiary/aromatic N) is 1. The van der Waals surface area contributed by atoms with Gasteiger partial charge in [0.25, 0.3) is 0 Å². The second-order valence-corrected chi connectivity index (χ2v) is 6.37. The summed E-state index contributed by atoms with van der Waals surface area (Å²) in [4.78, 5) is 14.1. The maximum absolute atomic E-state index is 12.3. The zero-order chi connectivity index (χ0) is 13.8. The fourth-order valence-corrected chi connectivity index (χ4v) is 2.87. The van der Waals surface area contributed by atoms with Gasteiger partial charge in [-0.05, 0) is 44.0 Å². The van der Waals surface area contributed by atoms with Gasteiger partial charge in [0, 0.05) is 5.02 Å². The van der Waals surface area contributed by atoms with Crippen molar-refractivity contribution in [1.82, 2.24) is 4.90 Å². The van der Waals surface area contributed by atoms with Crippen molar-refractivity contribution in [2.75, 3.05) is 0 Å². The Labute approximate surface area is 117 Å². The highest BCUT2D eigenvalue weighted by Gasteiger charge is 2.44. The van der Waals surface area contributed by atoms with Gasteiger partial charge in [0.1, 0.15) is 5.60 Å². The Morgan fingerprint density at radius 1 is 1.21 bits per heavy atom. The molecule has 0 fully saturated rings. The summed E-state index contributed by atoms with van der Waals surface area (Å²) in [6.07, 6.45) is 3.80. The maximum atomic E-state index is 12.3. The fourth-order valence-electron chi connectivity index (χ4n) is 2.69. The van der Waals surface area contributed by atoms with Gasteiger partial charge in [-0.1, -0.05) is 29.8 Å².